The maximum atomic E-state index is 4.52. The van der Waals surface area contributed by atoms with Gasteiger partial charge in [0.2, 0.25) is 5.95 Å². The first-order valence-electron chi connectivity index (χ1n) is 8.21. The Morgan fingerprint density at radius 3 is 2.38 bits per heavy atom. The van der Waals surface area contributed by atoms with Crippen LogP contribution in [0.1, 0.15) is 25.0 Å². The lowest BCUT2D eigenvalue weighted by Crippen LogP contribution is -2.14. The molecule has 0 fully saturated rings. The predicted molar refractivity (Wildman–Crippen MR) is 96.4 cm³/mol. The number of hydrogen-bond donors (Lipinski definition) is 0. The molecule has 3 nitrogen and oxygen atoms in total. The number of hydrogen-bond acceptors (Lipinski definition) is 2. The maximum absolute atomic E-state index is 4.52. The fourth-order valence-corrected chi connectivity index (χ4v) is 4.11. The molecule has 2 aromatic carbocycles. The second kappa shape index (κ2) is 4.54. The zero-order chi connectivity index (χ0) is 16.3. The van der Waals surface area contributed by atoms with Crippen molar-refractivity contribution in [1.29, 1.82) is 0 Å². The van der Waals surface area contributed by atoms with Gasteiger partial charge in [0.25, 0.3) is 0 Å². The third-order valence-corrected chi connectivity index (χ3v) is 5.11. The monoisotopic (exact) mass is 311 g/mol. The largest absolute Gasteiger partial charge is 0.278 e. The lowest BCUT2D eigenvalue weighted by Gasteiger charge is -2.21. The summed E-state index contributed by atoms with van der Waals surface area (Å²) < 4.78 is 2.21. The first-order valence-corrected chi connectivity index (χ1v) is 8.21. The summed E-state index contributed by atoms with van der Waals surface area (Å²) in [5.74, 6) is 0.724. The molecule has 1 aliphatic rings. The van der Waals surface area contributed by atoms with E-state index in [4.69, 9.17) is 0 Å². The average molecular weight is 311 g/mol. The van der Waals surface area contributed by atoms with Gasteiger partial charge in [0.1, 0.15) is 0 Å². The summed E-state index contributed by atoms with van der Waals surface area (Å²) >= 11 is 0. The highest BCUT2D eigenvalue weighted by Gasteiger charge is 2.40. The van der Waals surface area contributed by atoms with E-state index in [2.05, 4.69) is 76.9 Å². The molecule has 0 bridgehead atoms. The molecule has 0 aliphatic heterocycles. The smallest absolute Gasteiger partial charge is 0.234 e. The van der Waals surface area contributed by atoms with E-state index < -0.39 is 0 Å². The van der Waals surface area contributed by atoms with Gasteiger partial charge in [0.05, 0.1) is 11.2 Å². The van der Waals surface area contributed by atoms with Crippen molar-refractivity contribution in [2.75, 3.05) is 0 Å². The van der Waals surface area contributed by atoms with Gasteiger partial charge in [-0.05, 0) is 23.3 Å². The highest BCUT2D eigenvalue weighted by atomic mass is 15.2. The van der Waals surface area contributed by atoms with E-state index in [1.807, 2.05) is 6.07 Å². The van der Waals surface area contributed by atoms with Gasteiger partial charge in [-0.15, -0.1) is 0 Å². The van der Waals surface area contributed by atoms with E-state index in [1.54, 1.807) is 12.4 Å². The van der Waals surface area contributed by atoms with Crippen molar-refractivity contribution in [2.45, 2.75) is 19.3 Å². The zero-order valence-electron chi connectivity index (χ0n) is 13.7. The topological polar surface area (TPSA) is 30.7 Å². The van der Waals surface area contributed by atoms with Crippen LogP contribution in [0.5, 0.6) is 0 Å². The molecule has 4 aromatic rings. The molecule has 0 saturated carbocycles. The first-order chi connectivity index (χ1) is 11.7. The van der Waals surface area contributed by atoms with Gasteiger partial charge in [-0.1, -0.05) is 56.3 Å². The quantitative estimate of drug-likeness (QED) is 0.509. The van der Waals surface area contributed by atoms with Crippen molar-refractivity contribution in [2.24, 2.45) is 0 Å². The maximum Gasteiger partial charge on any atom is 0.234 e. The van der Waals surface area contributed by atoms with Crippen LogP contribution in [-0.4, -0.2) is 14.5 Å². The molecule has 2 heterocycles. The molecule has 0 amide bonds. The van der Waals surface area contributed by atoms with E-state index in [0.29, 0.717) is 0 Å². The first kappa shape index (κ1) is 13.5. The van der Waals surface area contributed by atoms with Crippen LogP contribution in [0.2, 0.25) is 0 Å². The Labute approximate surface area is 140 Å². The molecule has 2 aromatic heterocycles. The van der Waals surface area contributed by atoms with Crippen molar-refractivity contribution < 1.29 is 0 Å². The predicted octanol–water partition coefficient (Wildman–Crippen LogP) is 4.73. The van der Waals surface area contributed by atoms with Crippen molar-refractivity contribution in [3.05, 3.63) is 78.1 Å². The lowest BCUT2D eigenvalue weighted by molar-refractivity contribution is 0.666. The molecule has 0 unspecified atom stereocenters. The summed E-state index contributed by atoms with van der Waals surface area (Å²) in [4.78, 5) is 9.04. The van der Waals surface area contributed by atoms with Gasteiger partial charge < -0.3 is 0 Å². The molecule has 0 radical (unpaired) electrons. The van der Waals surface area contributed by atoms with Gasteiger partial charge in [-0.3, -0.25) is 4.57 Å². The van der Waals surface area contributed by atoms with Gasteiger partial charge in [-0.2, -0.15) is 0 Å². The summed E-state index contributed by atoms with van der Waals surface area (Å²) in [6.07, 6.45) is 3.60. The molecular weight excluding hydrogens is 294 g/mol. The minimum atomic E-state index is -0.0362. The Kier molecular flexibility index (Phi) is 2.55. The SMILES string of the molecule is CC1(C)c2ccccc2-c2c1c1ccccc1n2-c1ncccn1. The number of para-hydroxylation sites is 1. The van der Waals surface area contributed by atoms with Crippen molar-refractivity contribution >= 4 is 10.9 Å². The van der Waals surface area contributed by atoms with Gasteiger partial charge >= 0.3 is 0 Å². The molecule has 0 atom stereocenters. The van der Waals surface area contributed by atoms with Gasteiger partial charge in [-0.25, -0.2) is 9.97 Å². The minimum absolute atomic E-state index is 0.0362. The average Bonchev–Trinajstić information content (AvgIpc) is 3.08. The Bertz CT molecular complexity index is 1070. The van der Waals surface area contributed by atoms with Crippen LogP contribution in [0.25, 0.3) is 28.1 Å². The molecule has 3 heteroatoms. The van der Waals surface area contributed by atoms with Crippen LogP contribution in [-0.2, 0) is 5.41 Å². The van der Waals surface area contributed by atoms with Gasteiger partial charge in [0, 0.05) is 28.8 Å². The molecule has 0 saturated heterocycles. The minimum Gasteiger partial charge on any atom is -0.278 e. The third kappa shape index (κ3) is 1.56. The number of aromatic nitrogens is 3. The number of rotatable bonds is 1. The molecule has 116 valence electrons. The molecule has 0 spiro atoms. The molecule has 5 rings (SSSR count). The highest BCUT2D eigenvalue weighted by molar-refractivity contribution is 5.98. The van der Waals surface area contributed by atoms with Crippen LogP contribution in [0.15, 0.2) is 67.0 Å². The van der Waals surface area contributed by atoms with Crippen LogP contribution < -0.4 is 0 Å². The van der Waals surface area contributed by atoms with Crippen molar-refractivity contribution in [3.8, 4) is 17.2 Å². The number of fused-ring (bicyclic) bond motifs is 5. The van der Waals surface area contributed by atoms with Crippen LogP contribution in [0.4, 0.5) is 0 Å². The molecular formula is C21H17N3. The van der Waals surface area contributed by atoms with E-state index >= 15 is 0 Å². The fraction of sp³-hybridized carbons (Fsp3) is 0.143. The van der Waals surface area contributed by atoms with Crippen LogP contribution in [0.3, 0.4) is 0 Å². The van der Waals surface area contributed by atoms with Crippen molar-refractivity contribution in [1.82, 2.24) is 14.5 Å². The number of benzene rings is 2. The Hall–Kier alpha value is -2.94. The standard InChI is InChI=1S/C21H17N3/c1-21(2)16-10-5-3-8-14(16)19-18(21)15-9-4-6-11-17(15)24(19)20-22-12-7-13-23-20/h3-13H,1-2H3. The van der Waals surface area contributed by atoms with E-state index in [1.165, 1.54) is 27.8 Å². The van der Waals surface area contributed by atoms with Crippen LogP contribution >= 0.6 is 0 Å². The van der Waals surface area contributed by atoms with Crippen LogP contribution in [0, 0.1) is 0 Å². The summed E-state index contributed by atoms with van der Waals surface area (Å²) in [7, 11) is 0. The van der Waals surface area contributed by atoms with Gasteiger partial charge in [0.15, 0.2) is 0 Å². The van der Waals surface area contributed by atoms with E-state index in [0.717, 1.165) is 11.5 Å². The summed E-state index contributed by atoms with van der Waals surface area (Å²) in [6.45, 7) is 4.61. The fourth-order valence-electron chi connectivity index (χ4n) is 4.11. The molecule has 0 N–H and O–H groups in total. The zero-order valence-corrected chi connectivity index (χ0v) is 13.7. The second-order valence-electron chi connectivity index (χ2n) is 6.80. The Morgan fingerprint density at radius 2 is 1.54 bits per heavy atom. The molecule has 24 heavy (non-hydrogen) atoms. The van der Waals surface area contributed by atoms with E-state index in [9.17, 15) is 0 Å². The third-order valence-electron chi connectivity index (χ3n) is 5.11. The number of nitrogens with zero attached hydrogens (tertiary/aromatic N) is 3. The summed E-state index contributed by atoms with van der Waals surface area (Å²) in [5, 5.41) is 1.28. The molecule has 1 aliphatic carbocycles. The lowest BCUT2D eigenvalue weighted by atomic mass is 9.81. The summed E-state index contributed by atoms with van der Waals surface area (Å²) in [5.41, 5.74) is 6.36. The summed E-state index contributed by atoms with van der Waals surface area (Å²) in [6, 6.07) is 19.1. The Balaban J connectivity index is 2.01. The highest BCUT2D eigenvalue weighted by Crippen LogP contribution is 2.53. The van der Waals surface area contributed by atoms with E-state index in [-0.39, 0.29) is 5.41 Å². The van der Waals surface area contributed by atoms with Crippen molar-refractivity contribution in [3.63, 3.8) is 0 Å². The Morgan fingerprint density at radius 1 is 0.833 bits per heavy atom. The second-order valence-corrected chi connectivity index (χ2v) is 6.80. The normalized spacial score (nSPS) is 14.6.